The predicted octanol–water partition coefficient (Wildman–Crippen LogP) is 0.278. The maximum Gasteiger partial charge on any atom is 0.433 e. The highest BCUT2D eigenvalue weighted by Crippen LogP contribution is 2.27. The molecule has 8 heteroatoms. The van der Waals surface area contributed by atoms with E-state index in [1.807, 2.05) is 0 Å². The first-order chi connectivity index (χ1) is 8.79. The van der Waals surface area contributed by atoms with Crippen LogP contribution in [0.25, 0.3) is 0 Å². The van der Waals surface area contributed by atoms with Gasteiger partial charge in [-0.25, -0.2) is 0 Å². The first-order valence-electron chi connectivity index (χ1n) is 5.47. The van der Waals surface area contributed by atoms with Crippen molar-refractivity contribution >= 4 is 5.91 Å². The van der Waals surface area contributed by atoms with Crippen molar-refractivity contribution in [2.45, 2.75) is 18.4 Å². The highest BCUT2D eigenvalue weighted by Gasteiger charge is 2.34. The molecule has 1 saturated heterocycles. The number of rotatable bonds is 1. The van der Waals surface area contributed by atoms with E-state index in [9.17, 15) is 28.2 Å². The van der Waals surface area contributed by atoms with Crippen LogP contribution < -0.4 is 0 Å². The Kier molecular flexibility index (Phi) is 3.46. The van der Waals surface area contributed by atoms with Gasteiger partial charge in [0, 0.05) is 19.3 Å². The summed E-state index contributed by atoms with van der Waals surface area (Å²) in [7, 11) is 0. The van der Waals surface area contributed by atoms with Gasteiger partial charge in [-0.05, 0) is 12.1 Å². The number of carbonyl (C=O) groups excluding carboxylic acids is 1. The number of nitrogens with zero attached hydrogens (tertiary/aromatic N) is 2. The molecule has 1 amide bonds. The van der Waals surface area contributed by atoms with Crippen LogP contribution in [0.15, 0.2) is 18.3 Å². The lowest BCUT2D eigenvalue weighted by Crippen LogP contribution is -2.30. The summed E-state index contributed by atoms with van der Waals surface area (Å²) in [5.74, 6) is -0.572. The minimum Gasteiger partial charge on any atom is -0.388 e. The number of amides is 1. The van der Waals surface area contributed by atoms with Crippen LogP contribution in [0.2, 0.25) is 0 Å². The molecule has 19 heavy (non-hydrogen) atoms. The normalized spacial score (nSPS) is 23.7. The molecule has 1 aliphatic rings. The summed E-state index contributed by atoms with van der Waals surface area (Å²) in [5.41, 5.74) is -1.10. The van der Waals surface area contributed by atoms with Crippen molar-refractivity contribution in [1.29, 1.82) is 0 Å². The summed E-state index contributed by atoms with van der Waals surface area (Å²) in [5, 5.41) is 18.6. The van der Waals surface area contributed by atoms with Crippen LogP contribution in [0.5, 0.6) is 0 Å². The molecule has 2 N–H and O–H groups in total. The van der Waals surface area contributed by atoms with Crippen LogP contribution in [-0.4, -0.2) is 51.3 Å². The highest BCUT2D eigenvalue weighted by atomic mass is 19.4. The van der Waals surface area contributed by atoms with E-state index >= 15 is 0 Å². The molecule has 0 radical (unpaired) electrons. The molecule has 0 unspecified atom stereocenters. The molecule has 0 bridgehead atoms. The second kappa shape index (κ2) is 4.78. The van der Waals surface area contributed by atoms with Gasteiger partial charge >= 0.3 is 6.18 Å². The number of hydrogen-bond donors (Lipinski definition) is 2. The lowest BCUT2D eigenvalue weighted by molar-refractivity contribution is -0.141. The highest BCUT2D eigenvalue weighted by molar-refractivity contribution is 5.94. The second-order valence-electron chi connectivity index (χ2n) is 4.27. The number of likely N-dealkylation sites (tertiary alicyclic amines) is 1. The largest absolute Gasteiger partial charge is 0.433 e. The predicted molar refractivity (Wildman–Crippen MR) is 57.2 cm³/mol. The number of carbonyl (C=O) groups is 1. The molecule has 0 saturated carbocycles. The summed E-state index contributed by atoms with van der Waals surface area (Å²) >= 11 is 0. The van der Waals surface area contributed by atoms with Crippen LogP contribution in [0, 0.1) is 0 Å². The van der Waals surface area contributed by atoms with Gasteiger partial charge in [0.25, 0.3) is 5.91 Å². The Morgan fingerprint density at radius 2 is 1.84 bits per heavy atom. The smallest absolute Gasteiger partial charge is 0.388 e. The molecule has 1 aromatic rings. The Morgan fingerprint density at radius 1 is 1.26 bits per heavy atom. The van der Waals surface area contributed by atoms with Gasteiger partial charge in [-0.1, -0.05) is 0 Å². The number of aliphatic hydroxyl groups is 2. The summed E-state index contributed by atoms with van der Waals surface area (Å²) in [6, 6.07) is 1.74. The van der Waals surface area contributed by atoms with Gasteiger partial charge < -0.3 is 15.1 Å². The van der Waals surface area contributed by atoms with E-state index in [-0.39, 0.29) is 18.7 Å². The third-order valence-corrected chi connectivity index (χ3v) is 2.85. The molecular formula is C11H11F3N2O3. The van der Waals surface area contributed by atoms with Crippen molar-refractivity contribution in [3.8, 4) is 0 Å². The Hall–Kier alpha value is -1.67. The zero-order chi connectivity index (χ0) is 14.2. The van der Waals surface area contributed by atoms with Gasteiger partial charge in [0.2, 0.25) is 0 Å². The summed E-state index contributed by atoms with van der Waals surface area (Å²) in [6.45, 7) is -0.109. The van der Waals surface area contributed by atoms with Crippen LogP contribution in [0.3, 0.4) is 0 Å². The summed E-state index contributed by atoms with van der Waals surface area (Å²) in [6.07, 6.45) is -5.79. The SMILES string of the molecule is O=C(c1ccc(C(F)(F)F)nc1)N1C[C@@H](O)[C@@H](O)C1. The van der Waals surface area contributed by atoms with Crippen molar-refractivity contribution in [1.82, 2.24) is 9.88 Å². The monoisotopic (exact) mass is 276 g/mol. The topological polar surface area (TPSA) is 73.7 Å². The fourth-order valence-corrected chi connectivity index (χ4v) is 1.81. The minimum absolute atomic E-state index is 0.0192. The molecule has 2 atom stereocenters. The number of hydrogen-bond acceptors (Lipinski definition) is 4. The van der Waals surface area contributed by atoms with Crippen molar-refractivity contribution in [3.05, 3.63) is 29.6 Å². The van der Waals surface area contributed by atoms with E-state index in [4.69, 9.17) is 0 Å². The van der Waals surface area contributed by atoms with Gasteiger partial charge in [0.05, 0.1) is 17.8 Å². The molecule has 5 nitrogen and oxygen atoms in total. The second-order valence-corrected chi connectivity index (χ2v) is 4.27. The Morgan fingerprint density at radius 3 is 2.26 bits per heavy atom. The van der Waals surface area contributed by atoms with Gasteiger partial charge in [0.1, 0.15) is 5.69 Å². The van der Waals surface area contributed by atoms with E-state index in [2.05, 4.69) is 4.98 Å². The summed E-state index contributed by atoms with van der Waals surface area (Å²) in [4.78, 5) is 16.2. The van der Waals surface area contributed by atoms with E-state index in [0.29, 0.717) is 0 Å². The lowest BCUT2D eigenvalue weighted by atomic mass is 10.2. The van der Waals surface area contributed by atoms with Crippen molar-refractivity contribution in [2.24, 2.45) is 0 Å². The molecule has 0 aliphatic carbocycles. The zero-order valence-corrected chi connectivity index (χ0v) is 9.63. The number of aliphatic hydroxyl groups excluding tert-OH is 2. The van der Waals surface area contributed by atoms with Gasteiger partial charge in [0.15, 0.2) is 0 Å². The molecule has 0 spiro atoms. The first kappa shape index (κ1) is 13.8. The van der Waals surface area contributed by atoms with Crippen LogP contribution in [0.1, 0.15) is 16.1 Å². The van der Waals surface area contributed by atoms with E-state index in [1.165, 1.54) is 4.90 Å². The van der Waals surface area contributed by atoms with Gasteiger partial charge in [-0.2, -0.15) is 13.2 Å². The van der Waals surface area contributed by atoms with E-state index in [1.54, 1.807) is 0 Å². The number of β-amino-alcohol motifs (C(OH)–C–C–N with tert-alkyl or cyclic N) is 2. The molecule has 1 aromatic heterocycles. The first-order valence-corrected chi connectivity index (χ1v) is 5.47. The lowest BCUT2D eigenvalue weighted by Gasteiger charge is -2.15. The third-order valence-electron chi connectivity index (χ3n) is 2.85. The number of pyridine rings is 1. The standard InChI is InChI=1S/C11H11F3N2O3/c12-11(13,14)9-2-1-6(3-15-9)10(19)16-4-7(17)8(18)5-16/h1-3,7-8,17-18H,4-5H2/t7-,8+. The molecular weight excluding hydrogens is 265 g/mol. The average Bonchev–Trinajstić information content (AvgIpc) is 2.68. The molecule has 0 aromatic carbocycles. The van der Waals surface area contributed by atoms with Crippen molar-refractivity contribution in [2.75, 3.05) is 13.1 Å². The molecule has 1 fully saturated rings. The third kappa shape index (κ3) is 2.85. The number of alkyl halides is 3. The number of halogens is 3. The van der Waals surface area contributed by atoms with Crippen molar-refractivity contribution < 1.29 is 28.2 Å². The van der Waals surface area contributed by atoms with Gasteiger partial charge in [-0.15, -0.1) is 0 Å². The van der Waals surface area contributed by atoms with Gasteiger partial charge in [-0.3, -0.25) is 9.78 Å². The summed E-state index contributed by atoms with van der Waals surface area (Å²) < 4.78 is 36.9. The van der Waals surface area contributed by atoms with Crippen molar-refractivity contribution in [3.63, 3.8) is 0 Å². The zero-order valence-electron chi connectivity index (χ0n) is 9.63. The Labute approximate surface area is 106 Å². The van der Waals surface area contributed by atoms with Crippen LogP contribution >= 0.6 is 0 Å². The molecule has 2 rings (SSSR count). The Balaban J connectivity index is 2.13. The minimum atomic E-state index is -4.55. The van der Waals surface area contributed by atoms with E-state index < -0.39 is 30.0 Å². The van der Waals surface area contributed by atoms with Crippen LogP contribution in [0.4, 0.5) is 13.2 Å². The van der Waals surface area contributed by atoms with Crippen LogP contribution in [-0.2, 0) is 6.18 Å². The maximum absolute atomic E-state index is 12.3. The molecule has 2 heterocycles. The average molecular weight is 276 g/mol. The fourth-order valence-electron chi connectivity index (χ4n) is 1.81. The Bertz CT molecular complexity index is 465. The number of aromatic nitrogens is 1. The molecule has 1 aliphatic heterocycles. The van der Waals surface area contributed by atoms with E-state index in [0.717, 1.165) is 18.3 Å². The molecule has 104 valence electrons. The fraction of sp³-hybridized carbons (Fsp3) is 0.455. The maximum atomic E-state index is 12.3. The quantitative estimate of drug-likeness (QED) is 0.772.